The van der Waals surface area contributed by atoms with Crippen LogP contribution in [0.25, 0.3) is 0 Å². The minimum absolute atomic E-state index is 0.0423. The Bertz CT molecular complexity index is 994. The summed E-state index contributed by atoms with van der Waals surface area (Å²) in [5.41, 5.74) is 0.947. The number of nitrogens with zero attached hydrogens (tertiary/aromatic N) is 2. The number of hydrogen-bond acceptors (Lipinski definition) is 9. The van der Waals surface area contributed by atoms with Crippen molar-refractivity contribution in [1.29, 1.82) is 0 Å². The third kappa shape index (κ3) is 11.2. The number of likely N-dealkylation sites (tertiary alicyclic amines) is 1. The lowest BCUT2D eigenvalue weighted by Gasteiger charge is -2.44. The summed E-state index contributed by atoms with van der Waals surface area (Å²) < 4.78 is 18.9. The van der Waals surface area contributed by atoms with Crippen LogP contribution in [0.4, 0.5) is 0 Å². The van der Waals surface area contributed by atoms with Crippen LogP contribution in [0.15, 0.2) is 23.8 Å². The maximum absolute atomic E-state index is 13.4. The van der Waals surface area contributed by atoms with Crippen molar-refractivity contribution in [3.63, 3.8) is 0 Å². The summed E-state index contributed by atoms with van der Waals surface area (Å²) in [6, 6.07) is -0.151. The number of ether oxygens (including phenoxy) is 3. The van der Waals surface area contributed by atoms with Crippen LogP contribution < -0.4 is 0 Å². The Labute approximate surface area is 272 Å². The highest BCUT2D eigenvalue weighted by atomic mass is 16.7. The van der Waals surface area contributed by atoms with Crippen molar-refractivity contribution in [2.45, 2.75) is 136 Å². The van der Waals surface area contributed by atoms with E-state index in [4.69, 9.17) is 14.2 Å². The van der Waals surface area contributed by atoms with Crippen LogP contribution in [0.5, 0.6) is 0 Å². The molecule has 0 bridgehead atoms. The number of hydrogen-bond donors (Lipinski definition) is 2. The highest BCUT2D eigenvalue weighted by molar-refractivity contribution is 5.91. The maximum atomic E-state index is 13.4. The first-order valence-corrected chi connectivity index (χ1v) is 17.5. The molecule has 9 heteroatoms. The molecule has 0 saturated carbocycles. The van der Waals surface area contributed by atoms with Crippen molar-refractivity contribution >= 4 is 11.8 Å². The van der Waals surface area contributed by atoms with Crippen LogP contribution in [0.2, 0.25) is 0 Å². The van der Waals surface area contributed by atoms with Gasteiger partial charge in [-0.25, -0.2) is 0 Å². The Balaban J connectivity index is 1.98. The van der Waals surface area contributed by atoms with Gasteiger partial charge in [-0.3, -0.25) is 9.59 Å². The Kier molecular flexibility index (Phi) is 15.2. The lowest BCUT2D eigenvalue weighted by atomic mass is 9.79. The van der Waals surface area contributed by atoms with E-state index in [1.807, 2.05) is 72.7 Å². The van der Waals surface area contributed by atoms with E-state index in [2.05, 4.69) is 4.90 Å². The fourth-order valence-corrected chi connectivity index (χ4v) is 7.30. The van der Waals surface area contributed by atoms with Crippen molar-refractivity contribution in [2.75, 3.05) is 33.7 Å². The van der Waals surface area contributed by atoms with Crippen LogP contribution in [-0.2, 0) is 23.8 Å². The van der Waals surface area contributed by atoms with Crippen LogP contribution in [-0.4, -0.2) is 108 Å². The zero-order valence-electron chi connectivity index (χ0n) is 29.2. The second-order valence-corrected chi connectivity index (χ2v) is 14.3. The summed E-state index contributed by atoms with van der Waals surface area (Å²) in [5.74, 6) is -1.16. The zero-order chi connectivity index (χ0) is 33.3. The number of rotatable bonds is 7. The molecular formula is C36H62N2O7. The van der Waals surface area contributed by atoms with Gasteiger partial charge in [0.25, 0.3) is 0 Å². The van der Waals surface area contributed by atoms with Gasteiger partial charge in [0, 0.05) is 30.2 Å². The van der Waals surface area contributed by atoms with Gasteiger partial charge in [0.05, 0.1) is 30.8 Å². The van der Waals surface area contributed by atoms with Crippen molar-refractivity contribution < 1.29 is 34.0 Å². The van der Waals surface area contributed by atoms with E-state index < -0.39 is 42.6 Å². The van der Waals surface area contributed by atoms with Crippen molar-refractivity contribution in [3.8, 4) is 0 Å². The molecule has 11 atom stereocenters. The molecule has 258 valence electrons. The average molecular weight is 635 g/mol. The Morgan fingerprint density at radius 1 is 1.02 bits per heavy atom. The second kappa shape index (κ2) is 18.1. The fraction of sp³-hybridized carbons (Fsp3) is 0.833. The molecule has 0 aromatic heterocycles. The molecule has 11 unspecified atom stereocenters. The van der Waals surface area contributed by atoms with Gasteiger partial charge in [-0.1, -0.05) is 51.8 Å². The fourth-order valence-electron chi connectivity index (χ4n) is 7.30. The molecule has 0 aliphatic carbocycles. The van der Waals surface area contributed by atoms with Gasteiger partial charge in [0.2, 0.25) is 0 Å². The zero-order valence-corrected chi connectivity index (χ0v) is 29.2. The largest absolute Gasteiger partial charge is 0.462 e. The molecule has 0 aromatic rings. The molecule has 0 spiro atoms. The molecular weight excluding hydrogens is 572 g/mol. The smallest absolute Gasteiger partial charge is 0.308 e. The van der Waals surface area contributed by atoms with Crippen LogP contribution >= 0.6 is 0 Å². The third-order valence-electron chi connectivity index (χ3n) is 10.3. The standard InChI is InChI=1S/C36H62N2O7/c1-9-32-25(4)19-23(2)13-14-30(39)24(3)20-28(15-18-38-16-11-10-12-17-38)36(26(5)31(40)22-33(41)44-32)45-34-21-29(37(7)8)35(42)27(6)43-34/h13-14,19,24-29,31-32,34-36,40,42H,9-12,15-18,20-22H2,1-8H3/b14-13+,23-19+. The number of aliphatic hydroxyl groups is 2. The topological polar surface area (TPSA) is 109 Å². The Hall–Kier alpha value is -1.62. The lowest BCUT2D eigenvalue weighted by Crippen LogP contribution is -2.55. The molecule has 2 fully saturated rings. The first kappa shape index (κ1) is 37.8. The SMILES string of the molecule is CCC1OC(=O)CC(O)C(C)C(OC2CC(N(C)C)C(O)C(C)O2)C(CCN2CCCCC2)CC(C)C(=O)/C=C/C(C)=C/C1C. The quantitative estimate of drug-likeness (QED) is 0.384. The number of piperidine rings is 1. The number of aliphatic hydroxyl groups excluding tert-OH is 2. The van der Waals surface area contributed by atoms with Gasteiger partial charge in [-0.2, -0.15) is 0 Å². The van der Waals surface area contributed by atoms with Crippen LogP contribution in [0, 0.1) is 23.7 Å². The van der Waals surface area contributed by atoms with E-state index in [-0.39, 0.29) is 42.1 Å². The van der Waals surface area contributed by atoms with Gasteiger partial charge >= 0.3 is 5.97 Å². The number of cyclic esters (lactones) is 1. The predicted octanol–water partition coefficient (Wildman–Crippen LogP) is 4.75. The minimum atomic E-state index is -1.000. The van der Waals surface area contributed by atoms with Gasteiger partial charge < -0.3 is 34.2 Å². The molecule has 2 N–H and O–H groups in total. The Morgan fingerprint density at radius 2 is 1.71 bits per heavy atom. The molecule has 3 heterocycles. The first-order chi connectivity index (χ1) is 21.3. The highest BCUT2D eigenvalue weighted by Gasteiger charge is 2.42. The van der Waals surface area contributed by atoms with Gasteiger partial charge in [-0.05, 0) is 91.7 Å². The predicted molar refractivity (Wildman–Crippen MR) is 177 cm³/mol. The van der Waals surface area contributed by atoms with Crippen LogP contribution in [0.3, 0.4) is 0 Å². The minimum Gasteiger partial charge on any atom is -0.462 e. The molecule has 3 rings (SSSR count). The summed E-state index contributed by atoms with van der Waals surface area (Å²) >= 11 is 0. The van der Waals surface area contributed by atoms with E-state index in [1.165, 1.54) is 19.3 Å². The van der Waals surface area contributed by atoms with Crippen molar-refractivity contribution in [2.24, 2.45) is 23.7 Å². The van der Waals surface area contributed by atoms with Crippen molar-refractivity contribution in [3.05, 3.63) is 23.8 Å². The van der Waals surface area contributed by atoms with Crippen molar-refractivity contribution in [1.82, 2.24) is 9.80 Å². The molecule has 3 aliphatic rings. The summed E-state index contributed by atoms with van der Waals surface area (Å²) in [6.07, 6.45) is 8.06. The molecule has 3 aliphatic heterocycles. The average Bonchev–Trinajstić information content (AvgIpc) is 3.00. The summed E-state index contributed by atoms with van der Waals surface area (Å²) in [7, 11) is 3.88. The monoisotopic (exact) mass is 634 g/mol. The van der Waals surface area contributed by atoms with Gasteiger partial charge in [0.15, 0.2) is 12.1 Å². The summed E-state index contributed by atoms with van der Waals surface area (Å²) in [4.78, 5) is 31.1. The maximum Gasteiger partial charge on any atom is 0.308 e. The lowest BCUT2D eigenvalue weighted by molar-refractivity contribution is -0.265. The number of likely N-dealkylation sites (N-methyl/N-ethyl adjacent to an activating group) is 1. The number of carbonyl (C=O) groups is 2. The van der Waals surface area contributed by atoms with E-state index in [1.54, 1.807) is 6.08 Å². The third-order valence-corrected chi connectivity index (χ3v) is 10.3. The first-order valence-electron chi connectivity index (χ1n) is 17.5. The highest BCUT2D eigenvalue weighted by Crippen LogP contribution is 2.34. The van der Waals surface area contributed by atoms with E-state index >= 15 is 0 Å². The second-order valence-electron chi connectivity index (χ2n) is 14.3. The Morgan fingerprint density at radius 3 is 2.36 bits per heavy atom. The number of carbonyl (C=O) groups excluding carboxylic acids is 2. The normalized spacial score (nSPS) is 40.5. The molecule has 45 heavy (non-hydrogen) atoms. The molecule has 0 amide bonds. The summed E-state index contributed by atoms with van der Waals surface area (Å²) in [5, 5.41) is 22.4. The molecule has 0 aromatic carbocycles. The van der Waals surface area contributed by atoms with E-state index in [0.717, 1.165) is 31.6 Å². The van der Waals surface area contributed by atoms with Crippen LogP contribution in [0.1, 0.15) is 92.9 Å². The number of esters is 1. The van der Waals surface area contributed by atoms with Gasteiger partial charge in [0.1, 0.15) is 6.10 Å². The number of allylic oxidation sites excluding steroid dienone is 3. The molecule has 9 nitrogen and oxygen atoms in total. The van der Waals surface area contributed by atoms with E-state index in [0.29, 0.717) is 19.3 Å². The van der Waals surface area contributed by atoms with Gasteiger partial charge in [-0.15, -0.1) is 0 Å². The summed E-state index contributed by atoms with van der Waals surface area (Å²) in [6.45, 7) is 14.7. The van der Waals surface area contributed by atoms with E-state index in [9.17, 15) is 19.8 Å². The number of ketones is 1. The molecule has 0 radical (unpaired) electrons. The molecule has 2 saturated heterocycles.